The normalized spacial score (nSPS) is 16.0. The third-order valence-electron chi connectivity index (χ3n) is 5.79. The van der Waals surface area contributed by atoms with E-state index in [9.17, 15) is 9.90 Å². The molecule has 1 fully saturated rings. The van der Waals surface area contributed by atoms with Gasteiger partial charge in [0.25, 0.3) is 5.56 Å². The van der Waals surface area contributed by atoms with E-state index >= 15 is 0 Å². The Kier molecular flexibility index (Phi) is 7.87. The minimum atomic E-state index is -0.481. The van der Waals surface area contributed by atoms with Crippen LogP contribution >= 0.6 is 23.4 Å². The van der Waals surface area contributed by atoms with Crippen molar-refractivity contribution in [3.05, 3.63) is 105 Å². The predicted octanol–water partition coefficient (Wildman–Crippen LogP) is 5.06. The van der Waals surface area contributed by atoms with Gasteiger partial charge in [-0.3, -0.25) is 14.6 Å². The molecule has 1 unspecified atom stereocenters. The van der Waals surface area contributed by atoms with Gasteiger partial charge in [0.1, 0.15) is 0 Å². The lowest BCUT2D eigenvalue weighted by molar-refractivity contribution is -0.284. The van der Waals surface area contributed by atoms with Gasteiger partial charge < -0.3 is 21.3 Å². The number of aromatic amines is 1. The average Bonchev–Trinajstić information content (AvgIpc) is 3.46. The highest BCUT2D eigenvalue weighted by molar-refractivity contribution is 7.99. The van der Waals surface area contributed by atoms with E-state index in [1.807, 2.05) is 66.7 Å². The summed E-state index contributed by atoms with van der Waals surface area (Å²) in [5, 5.41) is 20.2. The molecule has 2 heterocycles. The molecule has 4 aromatic rings. The molecule has 182 valence electrons. The number of hydrogen-bond donors (Lipinski definition) is 3. The van der Waals surface area contributed by atoms with Gasteiger partial charge in [0.05, 0.1) is 28.6 Å². The van der Waals surface area contributed by atoms with Gasteiger partial charge in [0, 0.05) is 23.1 Å². The molecule has 2 atom stereocenters. The number of benzene rings is 3. The Balaban J connectivity index is 0.00000289. The smallest absolute Gasteiger partial charge is 0.277 e. The van der Waals surface area contributed by atoms with Gasteiger partial charge in [-0.05, 0) is 41.8 Å². The van der Waals surface area contributed by atoms with Crippen LogP contribution in [0.3, 0.4) is 0 Å². The van der Waals surface area contributed by atoms with Gasteiger partial charge in [0.15, 0.2) is 0 Å². The van der Waals surface area contributed by atoms with Crippen molar-refractivity contribution in [2.24, 2.45) is 0 Å². The fraction of sp³-hybridized carbons (Fsp3) is 0.192. The number of nitrogens with one attached hydrogen (secondary N) is 2. The minimum absolute atomic E-state index is 0. The van der Waals surface area contributed by atoms with Crippen LogP contribution in [-0.2, 0) is 4.74 Å². The maximum atomic E-state index is 13.4. The summed E-state index contributed by atoms with van der Waals surface area (Å²) >= 11 is 7.35. The summed E-state index contributed by atoms with van der Waals surface area (Å²) in [4.78, 5) is 13.6. The molecular weight excluding hydrogens is 484 g/mol. The van der Waals surface area contributed by atoms with Crippen molar-refractivity contribution in [1.29, 1.82) is 0 Å². The molecular formula is C26H26ClN4O3S-. The molecule has 5 rings (SSSR count). The molecule has 0 bridgehead atoms. The summed E-state index contributed by atoms with van der Waals surface area (Å²) in [6, 6.07) is 24.6. The van der Waals surface area contributed by atoms with E-state index in [1.165, 1.54) is 4.68 Å². The fourth-order valence-electron chi connectivity index (χ4n) is 4.10. The SMILES string of the molecule is N.O=c1[nH]n(C(c2ccccc2)c2ccc(N[C@@H]3CCOC3)cc2)c([O-])c1Sc1ccccc1Cl. The maximum Gasteiger partial charge on any atom is 0.277 e. The Morgan fingerprint density at radius 3 is 2.40 bits per heavy atom. The van der Waals surface area contributed by atoms with Crippen molar-refractivity contribution in [1.82, 2.24) is 15.9 Å². The molecule has 3 aromatic carbocycles. The molecule has 1 aromatic heterocycles. The van der Waals surface area contributed by atoms with Crippen molar-refractivity contribution in [2.75, 3.05) is 18.5 Å². The van der Waals surface area contributed by atoms with Gasteiger partial charge in [-0.15, -0.1) is 0 Å². The number of ether oxygens (including phenoxy) is 1. The molecule has 1 saturated heterocycles. The van der Waals surface area contributed by atoms with Gasteiger partial charge >= 0.3 is 0 Å². The standard InChI is InChI=1S/C26H24ClN3O3S.H3N/c27-21-8-4-5-9-22(21)34-24-25(31)29-30(26(24)32)23(17-6-2-1-3-7-17)18-10-12-19(13-11-18)28-20-14-15-33-16-20;/h1-13,20,23,28,32H,14-16H2,(H,29,31);1H3/p-1/t20-,23?;/m1./s1. The number of halogens is 1. The van der Waals surface area contributed by atoms with Gasteiger partial charge in [-0.1, -0.05) is 78.0 Å². The largest absolute Gasteiger partial charge is 0.858 e. The van der Waals surface area contributed by atoms with Crippen molar-refractivity contribution in [2.45, 2.75) is 28.3 Å². The summed E-state index contributed by atoms with van der Waals surface area (Å²) in [5.74, 6) is -0.380. The molecule has 0 spiro atoms. The summed E-state index contributed by atoms with van der Waals surface area (Å²) in [5.41, 5.74) is 2.34. The highest BCUT2D eigenvalue weighted by atomic mass is 35.5. The third-order valence-corrected chi connectivity index (χ3v) is 7.37. The first-order valence-electron chi connectivity index (χ1n) is 11.0. The molecule has 1 aliphatic rings. The molecule has 0 saturated carbocycles. The summed E-state index contributed by atoms with van der Waals surface area (Å²) in [6.07, 6.45) is 0.977. The van der Waals surface area contributed by atoms with Crippen LogP contribution in [0.2, 0.25) is 5.02 Å². The molecule has 0 aliphatic carbocycles. The molecule has 1 aliphatic heterocycles. The summed E-state index contributed by atoms with van der Waals surface area (Å²) in [7, 11) is 0. The van der Waals surface area contributed by atoms with Crippen LogP contribution in [0.15, 0.2) is 93.4 Å². The third kappa shape index (κ3) is 5.41. The van der Waals surface area contributed by atoms with Crippen LogP contribution in [-0.4, -0.2) is 29.0 Å². The van der Waals surface area contributed by atoms with Crippen LogP contribution in [0.4, 0.5) is 5.69 Å². The van der Waals surface area contributed by atoms with Crippen molar-refractivity contribution < 1.29 is 9.84 Å². The van der Waals surface area contributed by atoms with Crippen LogP contribution in [0.1, 0.15) is 23.6 Å². The van der Waals surface area contributed by atoms with E-state index < -0.39 is 11.6 Å². The molecule has 35 heavy (non-hydrogen) atoms. The van der Waals surface area contributed by atoms with E-state index in [1.54, 1.807) is 12.1 Å². The molecule has 0 radical (unpaired) electrons. The Morgan fingerprint density at radius 2 is 1.71 bits per heavy atom. The van der Waals surface area contributed by atoms with Crippen LogP contribution in [0.5, 0.6) is 5.88 Å². The highest BCUT2D eigenvalue weighted by Gasteiger charge is 2.21. The predicted molar refractivity (Wildman–Crippen MR) is 138 cm³/mol. The lowest BCUT2D eigenvalue weighted by Crippen LogP contribution is -2.19. The second-order valence-electron chi connectivity index (χ2n) is 8.12. The zero-order chi connectivity index (χ0) is 23.5. The molecule has 0 amide bonds. The number of H-pyrrole nitrogens is 1. The first-order chi connectivity index (χ1) is 16.6. The fourth-order valence-corrected chi connectivity index (χ4v) is 5.21. The zero-order valence-corrected chi connectivity index (χ0v) is 20.5. The van der Waals surface area contributed by atoms with Gasteiger partial charge in [0.2, 0.25) is 0 Å². The second kappa shape index (κ2) is 11.0. The van der Waals surface area contributed by atoms with Crippen molar-refractivity contribution in [3.8, 4) is 5.88 Å². The zero-order valence-electron chi connectivity index (χ0n) is 18.9. The Hall–Kier alpha value is -3.17. The summed E-state index contributed by atoms with van der Waals surface area (Å²) < 4.78 is 6.85. The number of anilines is 1. The van der Waals surface area contributed by atoms with Crippen LogP contribution in [0, 0.1) is 0 Å². The quantitative estimate of drug-likeness (QED) is 0.321. The Morgan fingerprint density at radius 1 is 1.03 bits per heavy atom. The average molecular weight is 510 g/mol. The lowest BCUT2D eigenvalue weighted by Gasteiger charge is -2.25. The van der Waals surface area contributed by atoms with Crippen molar-refractivity contribution >= 4 is 29.1 Å². The number of rotatable bonds is 7. The van der Waals surface area contributed by atoms with E-state index in [2.05, 4.69) is 10.4 Å². The van der Waals surface area contributed by atoms with E-state index in [4.69, 9.17) is 16.3 Å². The van der Waals surface area contributed by atoms with Crippen LogP contribution in [0.25, 0.3) is 0 Å². The topological polar surface area (TPSA) is 117 Å². The molecule has 9 heteroatoms. The number of aromatic nitrogens is 2. The lowest BCUT2D eigenvalue weighted by atomic mass is 9.98. The Labute approximate surface area is 212 Å². The van der Waals surface area contributed by atoms with E-state index in [0.29, 0.717) is 22.6 Å². The van der Waals surface area contributed by atoms with Crippen LogP contribution < -0.4 is 22.1 Å². The highest BCUT2D eigenvalue weighted by Crippen LogP contribution is 2.37. The van der Waals surface area contributed by atoms with Gasteiger partial charge in [-0.2, -0.15) is 0 Å². The van der Waals surface area contributed by atoms with E-state index in [-0.39, 0.29) is 16.9 Å². The number of nitrogens with zero attached hydrogens (tertiary/aromatic N) is 1. The summed E-state index contributed by atoms with van der Waals surface area (Å²) in [6.45, 7) is 1.47. The Bertz CT molecular complexity index is 1320. The van der Waals surface area contributed by atoms with E-state index in [0.717, 1.165) is 41.6 Å². The monoisotopic (exact) mass is 509 g/mol. The molecule has 5 N–H and O–H groups in total. The number of hydrogen-bond acceptors (Lipinski definition) is 6. The molecule has 7 nitrogen and oxygen atoms in total. The maximum absolute atomic E-state index is 13.4. The van der Waals surface area contributed by atoms with Gasteiger partial charge in [-0.25, -0.2) is 0 Å². The first kappa shape index (κ1) is 24.9. The first-order valence-corrected chi connectivity index (χ1v) is 12.2. The minimum Gasteiger partial charge on any atom is -0.858 e. The van der Waals surface area contributed by atoms with Crippen molar-refractivity contribution in [3.63, 3.8) is 0 Å². The second-order valence-corrected chi connectivity index (χ2v) is 9.58.